The van der Waals surface area contributed by atoms with E-state index in [1.807, 2.05) is 44.2 Å². The molecule has 1 atom stereocenters. The Morgan fingerprint density at radius 1 is 1.16 bits per heavy atom. The first-order chi connectivity index (χ1) is 9.06. The first-order valence-corrected chi connectivity index (χ1v) is 6.34. The van der Waals surface area contributed by atoms with E-state index in [0.29, 0.717) is 12.2 Å². The Kier molecular flexibility index (Phi) is 4.17. The molecule has 19 heavy (non-hydrogen) atoms. The van der Waals surface area contributed by atoms with Crippen molar-refractivity contribution in [2.24, 2.45) is 5.73 Å². The van der Waals surface area contributed by atoms with Crippen LogP contribution >= 0.6 is 0 Å². The van der Waals surface area contributed by atoms with Gasteiger partial charge in [0, 0.05) is 6.04 Å². The van der Waals surface area contributed by atoms with E-state index < -0.39 is 0 Å². The van der Waals surface area contributed by atoms with Gasteiger partial charge in [-0.1, -0.05) is 29.8 Å². The summed E-state index contributed by atoms with van der Waals surface area (Å²) in [5.74, 6) is 0.531. The molecule has 0 spiro atoms. The topological polar surface area (TPSA) is 35.2 Å². The minimum Gasteiger partial charge on any atom is -0.454 e. The summed E-state index contributed by atoms with van der Waals surface area (Å²) in [6, 6.07) is 12.4. The molecule has 3 heteroatoms. The summed E-state index contributed by atoms with van der Waals surface area (Å²) >= 11 is 0. The zero-order valence-corrected chi connectivity index (χ0v) is 11.2. The van der Waals surface area contributed by atoms with Gasteiger partial charge in [0.2, 0.25) is 0 Å². The number of para-hydroxylation sites is 1. The third-order valence-corrected chi connectivity index (χ3v) is 2.83. The van der Waals surface area contributed by atoms with Crippen LogP contribution in [0.5, 0.6) is 11.5 Å². The molecule has 2 aromatic carbocycles. The van der Waals surface area contributed by atoms with E-state index in [9.17, 15) is 4.39 Å². The van der Waals surface area contributed by atoms with Crippen molar-refractivity contribution in [1.82, 2.24) is 0 Å². The number of hydrogen-bond donors (Lipinski definition) is 1. The second-order valence-electron chi connectivity index (χ2n) is 4.82. The van der Waals surface area contributed by atoms with Gasteiger partial charge in [0.1, 0.15) is 5.75 Å². The van der Waals surface area contributed by atoms with Crippen LogP contribution in [0.3, 0.4) is 0 Å². The SMILES string of the molecule is Cc1ccc(Oc2c(F)cccc2CC(C)N)cc1. The van der Waals surface area contributed by atoms with E-state index in [2.05, 4.69) is 0 Å². The van der Waals surface area contributed by atoms with Gasteiger partial charge in [0.25, 0.3) is 0 Å². The average molecular weight is 259 g/mol. The highest BCUT2D eigenvalue weighted by atomic mass is 19.1. The predicted octanol–water partition coefficient (Wildman–Crippen LogP) is 3.82. The lowest BCUT2D eigenvalue weighted by Gasteiger charge is -2.13. The molecular formula is C16H18FNO. The van der Waals surface area contributed by atoms with Crippen molar-refractivity contribution in [3.8, 4) is 11.5 Å². The van der Waals surface area contributed by atoms with E-state index in [4.69, 9.17) is 10.5 Å². The maximum Gasteiger partial charge on any atom is 0.166 e. The number of ether oxygens (including phenoxy) is 1. The Labute approximate surface area is 113 Å². The highest BCUT2D eigenvalue weighted by molar-refractivity contribution is 5.40. The summed E-state index contributed by atoms with van der Waals surface area (Å²) in [4.78, 5) is 0. The first-order valence-electron chi connectivity index (χ1n) is 6.34. The molecule has 2 nitrogen and oxygen atoms in total. The quantitative estimate of drug-likeness (QED) is 0.906. The van der Waals surface area contributed by atoms with Gasteiger partial charge in [0.05, 0.1) is 0 Å². The highest BCUT2D eigenvalue weighted by Gasteiger charge is 2.12. The molecule has 0 saturated heterocycles. The van der Waals surface area contributed by atoms with Crippen LogP contribution in [0.4, 0.5) is 4.39 Å². The lowest BCUT2D eigenvalue weighted by atomic mass is 10.1. The Hall–Kier alpha value is -1.87. The number of rotatable bonds is 4. The van der Waals surface area contributed by atoms with Gasteiger partial charge in [0.15, 0.2) is 11.6 Å². The third-order valence-electron chi connectivity index (χ3n) is 2.83. The van der Waals surface area contributed by atoms with Crippen molar-refractivity contribution in [2.45, 2.75) is 26.3 Å². The van der Waals surface area contributed by atoms with Crippen LogP contribution in [0.25, 0.3) is 0 Å². The predicted molar refractivity (Wildman–Crippen MR) is 75.0 cm³/mol. The van der Waals surface area contributed by atoms with Crippen LogP contribution in [-0.4, -0.2) is 6.04 Å². The Balaban J connectivity index is 2.30. The van der Waals surface area contributed by atoms with Crippen LogP contribution in [0.15, 0.2) is 42.5 Å². The summed E-state index contributed by atoms with van der Waals surface area (Å²) in [6.45, 7) is 3.88. The fourth-order valence-electron chi connectivity index (χ4n) is 1.90. The first kappa shape index (κ1) is 13.6. The van der Waals surface area contributed by atoms with E-state index in [1.165, 1.54) is 6.07 Å². The van der Waals surface area contributed by atoms with E-state index >= 15 is 0 Å². The van der Waals surface area contributed by atoms with Gasteiger partial charge in [-0.2, -0.15) is 0 Å². The van der Waals surface area contributed by atoms with Gasteiger partial charge in [-0.05, 0) is 44.0 Å². The molecule has 0 aliphatic heterocycles. The molecule has 0 aromatic heterocycles. The van der Waals surface area contributed by atoms with Gasteiger partial charge in [-0.15, -0.1) is 0 Å². The zero-order valence-electron chi connectivity index (χ0n) is 11.2. The van der Waals surface area contributed by atoms with Crippen LogP contribution in [0, 0.1) is 12.7 Å². The van der Waals surface area contributed by atoms with Crippen LogP contribution in [0.2, 0.25) is 0 Å². The maximum atomic E-state index is 13.9. The monoisotopic (exact) mass is 259 g/mol. The van der Waals surface area contributed by atoms with Crippen molar-refractivity contribution >= 4 is 0 Å². The molecule has 0 heterocycles. The summed E-state index contributed by atoms with van der Waals surface area (Å²) in [6.07, 6.45) is 0.582. The Morgan fingerprint density at radius 3 is 2.47 bits per heavy atom. The van der Waals surface area contributed by atoms with E-state index in [0.717, 1.165) is 11.1 Å². The summed E-state index contributed by atoms with van der Waals surface area (Å²) < 4.78 is 19.6. The van der Waals surface area contributed by atoms with Crippen molar-refractivity contribution < 1.29 is 9.13 Å². The Bertz CT molecular complexity index is 549. The molecule has 1 unspecified atom stereocenters. The van der Waals surface area contributed by atoms with E-state index in [1.54, 1.807) is 6.07 Å². The van der Waals surface area contributed by atoms with Gasteiger partial charge in [-0.3, -0.25) is 0 Å². The minimum atomic E-state index is -0.362. The molecule has 0 amide bonds. The molecule has 2 N–H and O–H groups in total. The third kappa shape index (κ3) is 3.55. The summed E-state index contributed by atoms with van der Waals surface area (Å²) in [7, 11) is 0. The second-order valence-corrected chi connectivity index (χ2v) is 4.82. The summed E-state index contributed by atoms with van der Waals surface area (Å²) in [5.41, 5.74) is 7.70. The molecule has 0 aliphatic carbocycles. The Morgan fingerprint density at radius 2 is 1.84 bits per heavy atom. The molecule has 100 valence electrons. The smallest absolute Gasteiger partial charge is 0.166 e. The molecule has 0 bridgehead atoms. The second kappa shape index (κ2) is 5.85. The molecule has 2 aromatic rings. The number of aryl methyl sites for hydroxylation is 1. The number of halogens is 1. The van der Waals surface area contributed by atoms with Gasteiger partial charge in [-0.25, -0.2) is 4.39 Å². The fourth-order valence-corrected chi connectivity index (χ4v) is 1.90. The van der Waals surface area contributed by atoms with Crippen LogP contribution < -0.4 is 10.5 Å². The van der Waals surface area contributed by atoms with Crippen LogP contribution in [-0.2, 0) is 6.42 Å². The van der Waals surface area contributed by atoms with E-state index in [-0.39, 0.29) is 17.6 Å². The minimum absolute atomic E-state index is 0.0397. The fraction of sp³-hybridized carbons (Fsp3) is 0.250. The maximum absolute atomic E-state index is 13.9. The lowest BCUT2D eigenvalue weighted by molar-refractivity contribution is 0.434. The standard InChI is InChI=1S/C16H18FNO/c1-11-6-8-14(9-7-11)19-16-13(10-12(2)18)4-3-5-15(16)17/h3-9,12H,10,18H2,1-2H3. The molecule has 0 fully saturated rings. The number of hydrogen-bond acceptors (Lipinski definition) is 2. The normalized spacial score (nSPS) is 12.2. The van der Waals surface area contributed by atoms with Crippen molar-refractivity contribution in [2.75, 3.05) is 0 Å². The van der Waals surface area contributed by atoms with Gasteiger partial charge < -0.3 is 10.5 Å². The van der Waals surface area contributed by atoms with Crippen molar-refractivity contribution in [3.63, 3.8) is 0 Å². The van der Waals surface area contributed by atoms with Crippen molar-refractivity contribution in [1.29, 1.82) is 0 Å². The molecule has 0 saturated carbocycles. The van der Waals surface area contributed by atoms with Crippen LogP contribution in [0.1, 0.15) is 18.1 Å². The van der Waals surface area contributed by atoms with Crippen molar-refractivity contribution in [3.05, 3.63) is 59.4 Å². The number of nitrogens with two attached hydrogens (primary N) is 1. The largest absolute Gasteiger partial charge is 0.454 e. The molecule has 2 rings (SSSR count). The lowest BCUT2D eigenvalue weighted by Crippen LogP contribution is -2.18. The van der Waals surface area contributed by atoms with Gasteiger partial charge >= 0.3 is 0 Å². The zero-order chi connectivity index (χ0) is 13.8. The average Bonchev–Trinajstić information content (AvgIpc) is 2.35. The highest BCUT2D eigenvalue weighted by Crippen LogP contribution is 2.29. The number of benzene rings is 2. The molecular weight excluding hydrogens is 241 g/mol. The summed E-state index contributed by atoms with van der Waals surface area (Å²) in [5, 5.41) is 0. The molecule has 0 radical (unpaired) electrons. The molecule has 0 aliphatic rings.